The van der Waals surface area contributed by atoms with Crippen LogP contribution >= 0.6 is 34.4 Å². The van der Waals surface area contributed by atoms with E-state index in [2.05, 4.69) is 33.2 Å². The maximum absolute atomic E-state index is 13.3. The number of aryl methyl sites for hydroxylation is 1. The summed E-state index contributed by atoms with van der Waals surface area (Å²) in [5, 5.41) is 4.90. The summed E-state index contributed by atoms with van der Waals surface area (Å²) in [6.45, 7) is 1.78. The van der Waals surface area contributed by atoms with Crippen molar-refractivity contribution in [1.82, 2.24) is 5.32 Å². The Morgan fingerprint density at radius 1 is 0.976 bits per heavy atom. The molecule has 41 heavy (non-hydrogen) atoms. The molecule has 5 rings (SSSR count). The molecule has 2 N–H and O–H groups in total. The van der Waals surface area contributed by atoms with Crippen molar-refractivity contribution in [1.29, 1.82) is 0 Å². The van der Waals surface area contributed by atoms with Gasteiger partial charge in [-0.3, -0.25) is 19.2 Å². The molecule has 8 nitrogen and oxygen atoms in total. The number of hydrogen-bond acceptors (Lipinski definition) is 6. The van der Waals surface area contributed by atoms with Crippen LogP contribution in [-0.2, 0) is 14.4 Å². The van der Waals surface area contributed by atoms with Gasteiger partial charge >= 0.3 is 0 Å². The minimum Gasteiger partial charge on any atom is -0.462 e. The fourth-order valence-corrected chi connectivity index (χ4v) is 5.66. The second kappa shape index (κ2) is 12.6. The van der Waals surface area contributed by atoms with E-state index < -0.39 is 17.1 Å². The van der Waals surface area contributed by atoms with E-state index in [0.29, 0.717) is 33.4 Å². The Labute approximate surface area is 254 Å². The Morgan fingerprint density at radius 2 is 1.73 bits per heavy atom. The standard InChI is InChI=1S/C31H24IN3O5S/c1-19-10-15-24(40-19)17-26(34-29(37)20-6-3-2-4-7-20)30(38)33-22-8-5-9-25(16-22)41-27-18-28(36)35(31(27)39)23-13-11-21(32)12-14-23/h2-17,27H,18H2,1H3,(H,33,38)(H,34,37)/b26-17-/t27-/m0/s1. The molecule has 1 aliphatic rings. The highest BCUT2D eigenvalue weighted by Crippen LogP contribution is 2.35. The van der Waals surface area contributed by atoms with Gasteiger partial charge in [-0.15, -0.1) is 11.8 Å². The third kappa shape index (κ3) is 6.95. The highest BCUT2D eigenvalue weighted by Gasteiger charge is 2.40. The molecule has 4 amide bonds. The number of halogens is 1. The zero-order valence-electron chi connectivity index (χ0n) is 21.8. The third-order valence-electron chi connectivity index (χ3n) is 6.14. The predicted octanol–water partition coefficient (Wildman–Crippen LogP) is 6.03. The number of furan rings is 1. The first-order valence-electron chi connectivity index (χ1n) is 12.6. The smallest absolute Gasteiger partial charge is 0.272 e. The van der Waals surface area contributed by atoms with Crippen LogP contribution in [0.5, 0.6) is 0 Å². The van der Waals surface area contributed by atoms with Gasteiger partial charge in [0, 0.05) is 32.2 Å². The normalized spacial score (nSPS) is 15.2. The molecule has 1 aliphatic heterocycles. The second-order valence-electron chi connectivity index (χ2n) is 9.16. The number of nitrogens with one attached hydrogen (secondary N) is 2. The van der Waals surface area contributed by atoms with Crippen LogP contribution < -0.4 is 15.5 Å². The van der Waals surface area contributed by atoms with Crippen LogP contribution in [0.4, 0.5) is 11.4 Å². The zero-order chi connectivity index (χ0) is 28.9. The van der Waals surface area contributed by atoms with Gasteiger partial charge in [0.15, 0.2) is 0 Å². The van der Waals surface area contributed by atoms with Crippen LogP contribution in [0.25, 0.3) is 6.08 Å². The summed E-state index contributed by atoms with van der Waals surface area (Å²) in [5.41, 5.74) is 1.40. The number of hydrogen-bond donors (Lipinski definition) is 2. The Kier molecular flexibility index (Phi) is 8.70. The molecule has 2 heterocycles. The lowest BCUT2D eigenvalue weighted by atomic mass is 10.2. The maximum atomic E-state index is 13.3. The van der Waals surface area contributed by atoms with Crippen molar-refractivity contribution in [2.75, 3.05) is 10.2 Å². The lowest BCUT2D eigenvalue weighted by molar-refractivity contribution is -0.121. The summed E-state index contributed by atoms with van der Waals surface area (Å²) in [5.74, 6) is -0.458. The van der Waals surface area contributed by atoms with Gasteiger partial charge in [-0.25, -0.2) is 4.90 Å². The number of thioether (sulfide) groups is 1. The van der Waals surface area contributed by atoms with Crippen LogP contribution in [0, 0.1) is 10.5 Å². The minimum atomic E-state index is -0.587. The molecule has 0 radical (unpaired) electrons. The molecule has 0 spiro atoms. The molecule has 1 atom stereocenters. The predicted molar refractivity (Wildman–Crippen MR) is 166 cm³/mol. The van der Waals surface area contributed by atoms with Crippen LogP contribution in [0.2, 0.25) is 0 Å². The van der Waals surface area contributed by atoms with Crippen molar-refractivity contribution < 1.29 is 23.6 Å². The average molecular weight is 678 g/mol. The van der Waals surface area contributed by atoms with E-state index in [-0.39, 0.29) is 23.9 Å². The van der Waals surface area contributed by atoms with Crippen LogP contribution in [-0.4, -0.2) is 28.9 Å². The van der Waals surface area contributed by atoms with Gasteiger partial charge in [0.1, 0.15) is 17.2 Å². The number of carbonyl (C=O) groups excluding carboxylic acids is 4. The highest BCUT2D eigenvalue weighted by molar-refractivity contribution is 14.1. The first-order valence-corrected chi connectivity index (χ1v) is 14.6. The van der Waals surface area contributed by atoms with Crippen LogP contribution in [0.1, 0.15) is 28.3 Å². The largest absolute Gasteiger partial charge is 0.462 e. The van der Waals surface area contributed by atoms with E-state index >= 15 is 0 Å². The van der Waals surface area contributed by atoms with Gasteiger partial charge in [-0.2, -0.15) is 0 Å². The van der Waals surface area contributed by atoms with Crippen LogP contribution in [0.15, 0.2) is 106 Å². The third-order valence-corrected chi connectivity index (χ3v) is 8.03. The molecule has 0 unspecified atom stereocenters. The van der Waals surface area contributed by atoms with E-state index in [4.69, 9.17) is 4.42 Å². The van der Waals surface area contributed by atoms with Gasteiger partial charge in [0.05, 0.1) is 10.9 Å². The number of benzene rings is 3. The SMILES string of the molecule is Cc1ccc(/C=C(\NC(=O)c2ccccc2)C(=O)Nc2cccc(S[C@H]3CC(=O)N(c4ccc(I)cc4)C3=O)c2)o1. The van der Waals surface area contributed by atoms with Crippen molar-refractivity contribution in [2.45, 2.75) is 23.5 Å². The summed E-state index contributed by atoms with van der Waals surface area (Å²) < 4.78 is 6.59. The molecule has 1 fully saturated rings. The van der Waals surface area contributed by atoms with Crippen molar-refractivity contribution in [2.24, 2.45) is 0 Å². The monoisotopic (exact) mass is 677 g/mol. The summed E-state index contributed by atoms with van der Waals surface area (Å²) in [6.07, 6.45) is 1.54. The quantitative estimate of drug-likeness (QED) is 0.134. The zero-order valence-corrected chi connectivity index (χ0v) is 24.8. The number of imide groups is 1. The van der Waals surface area contributed by atoms with Gasteiger partial charge in [-0.05, 0) is 96.2 Å². The maximum Gasteiger partial charge on any atom is 0.272 e. The van der Waals surface area contributed by atoms with E-state index in [1.54, 1.807) is 79.7 Å². The lowest BCUT2D eigenvalue weighted by Gasteiger charge is -2.15. The molecule has 3 aromatic carbocycles. The van der Waals surface area contributed by atoms with Gasteiger partial charge in [0.2, 0.25) is 11.8 Å². The Hall–Kier alpha value is -4.16. The van der Waals surface area contributed by atoms with Gasteiger partial charge in [0.25, 0.3) is 11.8 Å². The Morgan fingerprint density at radius 3 is 2.44 bits per heavy atom. The molecule has 0 saturated carbocycles. The lowest BCUT2D eigenvalue weighted by Crippen LogP contribution is -2.31. The number of anilines is 2. The van der Waals surface area contributed by atoms with E-state index in [1.807, 2.05) is 18.2 Å². The fraction of sp³-hybridized carbons (Fsp3) is 0.0968. The molecule has 4 aromatic rings. The van der Waals surface area contributed by atoms with Crippen molar-refractivity contribution in [3.8, 4) is 0 Å². The molecule has 206 valence electrons. The Balaban J connectivity index is 1.31. The molecule has 0 bridgehead atoms. The average Bonchev–Trinajstić information content (AvgIpc) is 3.50. The van der Waals surface area contributed by atoms with E-state index in [9.17, 15) is 19.2 Å². The highest BCUT2D eigenvalue weighted by atomic mass is 127. The van der Waals surface area contributed by atoms with Crippen molar-refractivity contribution in [3.05, 3.63) is 117 Å². The van der Waals surface area contributed by atoms with Crippen molar-refractivity contribution in [3.63, 3.8) is 0 Å². The van der Waals surface area contributed by atoms with E-state index in [1.165, 1.54) is 22.7 Å². The number of rotatable bonds is 8. The number of carbonyl (C=O) groups is 4. The van der Waals surface area contributed by atoms with E-state index in [0.717, 1.165) is 3.57 Å². The fourth-order valence-electron chi connectivity index (χ4n) is 4.18. The van der Waals surface area contributed by atoms with Crippen molar-refractivity contribution >= 4 is 75.4 Å². The molecular formula is C31H24IN3O5S. The molecule has 1 aromatic heterocycles. The summed E-state index contributed by atoms with van der Waals surface area (Å²) in [7, 11) is 0. The number of amides is 4. The summed E-state index contributed by atoms with van der Waals surface area (Å²) in [4.78, 5) is 53.9. The topological polar surface area (TPSA) is 109 Å². The molecule has 0 aliphatic carbocycles. The molecule has 1 saturated heterocycles. The minimum absolute atomic E-state index is 0.00371. The molecule has 10 heteroatoms. The first-order chi connectivity index (χ1) is 19.8. The second-order valence-corrected chi connectivity index (χ2v) is 11.7. The summed E-state index contributed by atoms with van der Waals surface area (Å²) in [6, 6.07) is 26.2. The van der Waals surface area contributed by atoms with Gasteiger partial charge < -0.3 is 15.1 Å². The number of nitrogens with zero attached hydrogens (tertiary/aromatic N) is 1. The Bertz CT molecular complexity index is 1650. The summed E-state index contributed by atoms with van der Waals surface area (Å²) >= 11 is 3.43. The van der Waals surface area contributed by atoms with Crippen LogP contribution in [0.3, 0.4) is 0 Å². The first kappa shape index (κ1) is 28.4. The molecular weight excluding hydrogens is 653 g/mol. The van der Waals surface area contributed by atoms with Gasteiger partial charge in [-0.1, -0.05) is 24.3 Å².